The van der Waals surface area contributed by atoms with Crippen LogP contribution in [0.25, 0.3) is 0 Å². The minimum absolute atomic E-state index is 0.337. The Balaban J connectivity index is 1.45. The van der Waals surface area contributed by atoms with Crippen LogP contribution in [0.15, 0.2) is 92.0 Å². The van der Waals surface area contributed by atoms with Crippen molar-refractivity contribution in [2.45, 2.75) is 19.8 Å². The molecule has 0 saturated heterocycles. The van der Waals surface area contributed by atoms with Gasteiger partial charge in [0.15, 0.2) is 0 Å². The third-order valence-corrected chi connectivity index (χ3v) is 5.61. The number of ether oxygens (including phenoxy) is 6. The Hall–Kier alpha value is -4.40. The highest BCUT2D eigenvalue weighted by Gasteiger charge is 2.14. The van der Waals surface area contributed by atoms with Gasteiger partial charge in [0.25, 0.3) is 0 Å². The topological polar surface area (TPSA) is 89.5 Å². The van der Waals surface area contributed by atoms with Crippen LogP contribution in [0, 0.1) is 6.92 Å². The van der Waals surface area contributed by atoms with Gasteiger partial charge in [0.2, 0.25) is 0 Å². The molecule has 0 amide bonds. The summed E-state index contributed by atoms with van der Waals surface area (Å²) in [6.07, 6.45) is 4.90. The molecular formula is C33H36O8. The van der Waals surface area contributed by atoms with Crippen LogP contribution in [-0.2, 0) is 9.47 Å². The number of hydrogen-bond donors (Lipinski definition) is 0. The molecule has 0 unspecified atom stereocenters. The molecule has 41 heavy (non-hydrogen) atoms. The van der Waals surface area contributed by atoms with Crippen LogP contribution in [0.3, 0.4) is 0 Å². The largest absolute Gasteiger partial charge is 0.494 e. The van der Waals surface area contributed by atoms with Crippen molar-refractivity contribution in [1.82, 2.24) is 0 Å². The van der Waals surface area contributed by atoms with E-state index in [2.05, 4.69) is 13.2 Å². The molecule has 0 bridgehead atoms. The Kier molecular flexibility index (Phi) is 13.2. The summed E-state index contributed by atoms with van der Waals surface area (Å²) in [5.41, 5.74) is 1.41. The van der Waals surface area contributed by atoms with Crippen LogP contribution in [0.4, 0.5) is 0 Å². The molecule has 3 aromatic carbocycles. The Morgan fingerprint density at radius 1 is 0.634 bits per heavy atom. The highest BCUT2D eigenvalue weighted by atomic mass is 16.5. The van der Waals surface area contributed by atoms with Gasteiger partial charge in [-0.05, 0) is 79.2 Å². The van der Waals surface area contributed by atoms with Crippen molar-refractivity contribution < 1.29 is 38.0 Å². The summed E-state index contributed by atoms with van der Waals surface area (Å²) in [5.74, 6) is 0.993. The van der Waals surface area contributed by atoms with Crippen LogP contribution in [0.2, 0.25) is 0 Å². The van der Waals surface area contributed by atoms with E-state index < -0.39 is 11.9 Å². The number of aryl methyl sites for hydroxylation is 1. The van der Waals surface area contributed by atoms with Gasteiger partial charge in [0.05, 0.1) is 50.8 Å². The van der Waals surface area contributed by atoms with E-state index in [-0.39, 0.29) is 0 Å². The van der Waals surface area contributed by atoms with Crippen LogP contribution in [0.5, 0.6) is 23.0 Å². The van der Waals surface area contributed by atoms with Gasteiger partial charge in [-0.1, -0.05) is 12.2 Å². The van der Waals surface area contributed by atoms with Crippen molar-refractivity contribution in [3.63, 3.8) is 0 Å². The van der Waals surface area contributed by atoms with Crippen molar-refractivity contribution >= 4 is 11.9 Å². The van der Waals surface area contributed by atoms with Gasteiger partial charge in [-0.3, -0.25) is 0 Å². The standard InChI is InChI=1S/C33H36O8/c1-4-18-36-20-6-22-38-28-12-8-26(9-13-28)32(34)40-30-16-17-31(25(3)24-30)41-33(35)27-10-14-29(15-11-27)39-23-7-21-37-19-5-2/h4-5,8-17,24H,1-2,6-7,18-23H2,3H3. The quantitative estimate of drug-likeness (QED) is 0.0767. The van der Waals surface area contributed by atoms with E-state index >= 15 is 0 Å². The Bertz CT molecular complexity index is 1270. The molecule has 8 heteroatoms. The summed E-state index contributed by atoms with van der Waals surface area (Å²) in [6.45, 7) is 12.2. The molecule has 3 aromatic rings. The highest BCUT2D eigenvalue weighted by molar-refractivity contribution is 5.92. The molecule has 0 heterocycles. The number of carbonyl (C=O) groups is 2. The second-order valence-electron chi connectivity index (χ2n) is 8.89. The Labute approximate surface area is 241 Å². The zero-order valence-corrected chi connectivity index (χ0v) is 23.3. The molecule has 0 aliphatic carbocycles. The molecule has 0 N–H and O–H groups in total. The number of carbonyl (C=O) groups excluding carboxylic acids is 2. The second-order valence-corrected chi connectivity index (χ2v) is 8.89. The van der Waals surface area contributed by atoms with Gasteiger partial charge in [0, 0.05) is 12.8 Å². The van der Waals surface area contributed by atoms with E-state index in [0.717, 1.165) is 12.8 Å². The minimum Gasteiger partial charge on any atom is -0.494 e. The maximum Gasteiger partial charge on any atom is 0.343 e. The first-order chi connectivity index (χ1) is 20.0. The SMILES string of the molecule is C=CCOCCCOc1ccc(C(=O)Oc2ccc(OC(=O)c3ccc(OCCCOCC=C)cc3)c(C)c2)cc1. The lowest BCUT2D eigenvalue weighted by Gasteiger charge is -2.11. The molecule has 0 aliphatic heterocycles. The van der Waals surface area contributed by atoms with Gasteiger partial charge in [-0.2, -0.15) is 0 Å². The lowest BCUT2D eigenvalue weighted by atomic mass is 10.2. The Morgan fingerprint density at radius 3 is 1.56 bits per heavy atom. The monoisotopic (exact) mass is 560 g/mol. The lowest BCUT2D eigenvalue weighted by molar-refractivity contribution is 0.0718. The summed E-state index contributed by atoms with van der Waals surface area (Å²) in [5, 5.41) is 0. The number of esters is 2. The van der Waals surface area contributed by atoms with Gasteiger partial charge < -0.3 is 28.4 Å². The number of rotatable bonds is 18. The van der Waals surface area contributed by atoms with Gasteiger partial charge in [-0.15, -0.1) is 13.2 Å². The third-order valence-electron chi connectivity index (χ3n) is 5.61. The summed E-state index contributed by atoms with van der Waals surface area (Å²) < 4.78 is 33.0. The number of benzene rings is 3. The van der Waals surface area contributed by atoms with Gasteiger partial charge in [0.1, 0.15) is 23.0 Å². The van der Waals surface area contributed by atoms with Crippen molar-refractivity contribution in [2.75, 3.05) is 39.6 Å². The zero-order valence-electron chi connectivity index (χ0n) is 23.3. The molecule has 216 valence electrons. The summed E-state index contributed by atoms with van der Waals surface area (Å²) in [6, 6.07) is 18.3. The van der Waals surface area contributed by atoms with E-state index in [1.807, 2.05) is 0 Å². The molecule has 3 rings (SSSR count). The molecule has 0 atom stereocenters. The molecule has 0 spiro atoms. The average molecular weight is 561 g/mol. The fourth-order valence-corrected chi connectivity index (χ4v) is 3.53. The van der Waals surface area contributed by atoms with Crippen molar-refractivity contribution in [2.24, 2.45) is 0 Å². The van der Waals surface area contributed by atoms with Crippen LogP contribution in [-0.4, -0.2) is 51.6 Å². The second kappa shape index (κ2) is 17.3. The molecule has 8 nitrogen and oxygen atoms in total. The van der Waals surface area contributed by atoms with Gasteiger partial charge >= 0.3 is 11.9 Å². The van der Waals surface area contributed by atoms with E-state index in [0.29, 0.717) is 79.3 Å². The average Bonchev–Trinajstić information content (AvgIpc) is 2.98. The first-order valence-corrected chi connectivity index (χ1v) is 13.4. The molecular weight excluding hydrogens is 524 g/mol. The van der Waals surface area contributed by atoms with E-state index in [1.54, 1.807) is 85.8 Å². The van der Waals surface area contributed by atoms with E-state index in [4.69, 9.17) is 28.4 Å². The maximum absolute atomic E-state index is 12.6. The number of hydrogen-bond acceptors (Lipinski definition) is 8. The van der Waals surface area contributed by atoms with E-state index in [9.17, 15) is 9.59 Å². The normalized spacial score (nSPS) is 10.5. The molecule has 0 fully saturated rings. The summed E-state index contributed by atoms with van der Waals surface area (Å²) >= 11 is 0. The molecule has 0 saturated carbocycles. The smallest absolute Gasteiger partial charge is 0.343 e. The zero-order chi connectivity index (χ0) is 29.3. The van der Waals surface area contributed by atoms with Crippen LogP contribution < -0.4 is 18.9 Å². The first-order valence-electron chi connectivity index (χ1n) is 13.4. The minimum atomic E-state index is -0.509. The highest BCUT2D eigenvalue weighted by Crippen LogP contribution is 2.25. The van der Waals surface area contributed by atoms with Crippen molar-refractivity contribution in [1.29, 1.82) is 0 Å². The van der Waals surface area contributed by atoms with E-state index in [1.165, 1.54) is 0 Å². The lowest BCUT2D eigenvalue weighted by Crippen LogP contribution is -2.11. The molecule has 0 aliphatic rings. The summed E-state index contributed by atoms with van der Waals surface area (Å²) in [4.78, 5) is 25.2. The predicted octanol–water partition coefficient (Wildman–Crippen LogP) is 6.38. The van der Waals surface area contributed by atoms with Crippen molar-refractivity contribution in [3.8, 4) is 23.0 Å². The third kappa shape index (κ3) is 10.9. The predicted molar refractivity (Wildman–Crippen MR) is 156 cm³/mol. The fourth-order valence-electron chi connectivity index (χ4n) is 3.53. The van der Waals surface area contributed by atoms with Crippen molar-refractivity contribution in [3.05, 3.63) is 109 Å². The maximum atomic E-state index is 12.6. The molecule has 0 aromatic heterocycles. The summed E-state index contributed by atoms with van der Waals surface area (Å²) in [7, 11) is 0. The van der Waals surface area contributed by atoms with Gasteiger partial charge in [-0.25, -0.2) is 9.59 Å². The van der Waals surface area contributed by atoms with Crippen LogP contribution >= 0.6 is 0 Å². The van der Waals surface area contributed by atoms with Crippen LogP contribution in [0.1, 0.15) is 39.1 Å². The Morgan fingerprint density at radius 2 is 1.10 bits per heavy atom. The first kappa shape index (κ1) is 31.1. The fraction of sp³-hybridized carbons (Fsp3) is 0.273. The molecule has 0 radical (unpaired) electrons.